The molecule has 0 N–H and O–H groups in total. The van der Waals surface area contributed by atoms with Crippen LogP contribution in [0.15, 0.2) is 24.3 Å². The van der Waals surface area contributed by atoms with Gasteiger partial charge in [-0.1, -0.05) is 31.2 Å². The molecule has 0 radical (unpaired) electrons. The third-order valence-electron chi connectivity index (χ3n) is 6.56. The second-order valence-corrected chi connectivity index (χ2v) is 8.96. The Balaban J connectivity index is 1.22. The van der Waals surface area contributed by atoms with Gasteiger partial charge in [0.1, 0.15) is 0 Å². The summed E-state index contributed by atoms with van der Waals surface area (Å²) in [5, 5.41) is 0. The quantitative estimate of drug-likeness (QED) is 0.631. The summed E-state index contributed by atoms with van der Waals surface area (Å²) < 4.78 is 0. The van der Waals surface area contributed by atoms with Crippen LogP contribution in [0.1, 0.15) is 68.9 Å². The number of rotatable bonds is 9. The van der Waals surface area contributed by atoms with Gasteiger partial charge in [0.05, 0.1) is 0 Å². The molecular formula is C23H36N2. The van der Waals surface area contributed by atoms with Gasteiger partial charge in [-0.05, 0) is 93.5 Å². The van der Waals surface area contributed by atoms with Gasteiger partial charge in [0.25, 0.3) is 0 Å². The SMILES string of the molecule is CCCN(CC1CC1)CC1CC(c2ccc(CN3CCCC3)cc2)C1. The van der Waals surface area contributed by atoms with Crippen molar-refractivity contribution in [3.8, 4) is 0 Å². The molecule has 2 nitrogen and oxygen atoms in total. The Morgan fingerprint density at radius 3 is 2.28 bits per heavy atom. The van der Waals surface area contributed by atoms with E-state index in [1.54, 1.807) is 5.56 Å². The van der Waals surface area contributed by atoms with E-state index in [2.05, 4.69) is 41.0 Å². The predicted molar refractivity (Wildman–Crippen MR) is 106 cm³/mol. The van der Waals surface area contributed by atoms with Gasteiger partial charge in [-0.2, -0.15) is 0 Å². The number of hydrogen-bond acceptors (Lipinski definition) is 2. The minimum Gasteiger partial charge on any atom is -0.303 e. The predicted octanol–water partition coefficient (Wildman–Crippen LogP) is 4.90. The molecular weight excluding hydrogens is 304 g/mol. The summed E-state index contributed by atoms with van der Waals surface area (Å²) in [6.07, 6.45) is 9.87. The summed E-state index contributed by atoms with van der Waals surface area (Å²) in [5.74, 6) is 2.81. The third-order valence-corrected chi connectivity index (χ3v) is 6.56. The van der Waals surface area contributed by atoms with Crippen LogP contribution in [0.2, 0.25) is 0 Å². The molecule has 0 spiro atoms. The fraction of sp³-hybridized carbons (Fsp3) is 0.739. The minimum absolute atomic E-state index is 0.829. The van der Waals surface area contributed by atoms with Gasteiger partial charge in [0.2, 0.25) is 0 Å². The first-order chi connectivity index (χ1) is 12.3. The lowest BCUT2D eigenvalue weighted by molar-refractivity contribution is 0.154. The Morgan fingerprint density at radius 1 is 0.960 bits per heavy atom. The van der Waals surface area contributed by atoms with Crippen molar-refractivity contribution in [3.63, 3.8) is 0 Å². The van der Waals surface area contributed by atoms with Gasteiger partial charge in [-0.15, -0.1) is 0 Å². The van der Waals surface area contributed by atoms with Crippen LogP contribution in [0.4, 0.5) is 0 Å². The van der Waals surface area contributed by atoms with Crippen LogP contribution in [0.5, 0.6) is 0 Å². The molecule has 4 rings (SSSR count). The van der Waals surface area contributed by atoms with E-state index < -0.39 is 0 Å². The van der Waals surface area contributed by atoms with E-state index >= 15 is 0 Å². The van der Waals surface area contributed by atoms with Gasteiger partial charge in [-0.3, -0.25) is 4.90 Å². The molecule has 1 aromatic carbocycles. The number of hydrogen-bond donors (Lipinski definition) is 0. The molecule has 0 bridgehead atoms. The fourth-order valence-electron chi connectivity index (χ4n) is 4.86. The second kappa shape index (κ2) is 8.22. The van der Waals surface area contributed by atoms with Gasteiger partial charge in [0, 0.05) is 19.6 Å². The monoisotopic (exact) mass is 340 g/mol. The van der Waals surface area contributed by atoms with Crippen molar-refractivity contribution in [2.24, 2.45) is 11.8 Å². The van der Waals surface area contributed by atoms with Crippen molar-refractivity contribution < 1.29 is 0 Å². The number of likely N-dealkylation sites (tertiary alicyclic amines) is 1. The molecule has 1 saturated heterocycles. The lowest BCUT2D eigenvalue weighted by Crippen LogP contribution is -2.37. The fourth-order valence-corrected chi connectivity index (χ4v) is 4.86. The first kappa shape index (κ1) is 17.5. The van der Waals surface area contributed by atoms with Crippen molar-refractivity contribution >= 4 is 0 Å². The summed E-state index contributed by atoms with van der Waals surface area (Å²) in [6, 6.07) is 9.61. The first-order valence-electron chi connectivity index (χ1n) is 10.8. The molecule has 3 fully saturated rings. The summed E-state index contributed by atoms with van der Waals surface area (Å²) >= 11 is 0. The van der Waals surface area contributed by atoms with Crippen LogP contribution < -0.4 is 0 Å². The maximum absolute atomic E-state index is 2.76. The molecule has 2 saturated carbocycles. The normalized spacial score (nSPS) is 27.0. The first-order valence-corrected chi connectivity index (χ1v) is 10.8. The minimum atomic E-state index is 0.829. The Labute approximate surface area is 154 Å². The van der Waals surface area contributed by atoms with Crippen molar-refractivity contribution in [1.82, 2.24) is 9.80 Å². The Bertz CT molecular complexity index is 522. The van der Waals surface area contributed by atoms with E-state index in [1.807, 2.05) is 0 Å². The summed E-state index contributed by atoms with van der Waals surface area (Å²) in [5.41, 5.74) is 3.09. The maximum atomic E-state index is 2.76. The Morgan fingerprint density at radius 2 is 1.64 bits per heavy atom. The number of nitrogens with zero attached hydrogens (tertiary/aromatic N) is 2. The highest BCUT2D eigenvalue weighted by Gasteiger charge is 2.32. The van der Waals surface area contributed by atoms with Crippen molar-refractivity contribution in [2.75, 3.05) is 32.7 Å². The highest BCUT2D eigenvalue weighted by atomic mass is 15.1. The maximum Gasteiger partial charge on any atom is 0.0233 e. The highest BCUT2D eigenvalue weighted by Crippen LogP contribution is 2.42. The van der Waals surface area contributed by atoms with E-state index in [-0.39, 0.29) is 0 Å². The molecule has 3 aliphatic rings. The standard InChI is InChI=1S/C23H36N2/c1-2-11-25(17-19-5-6-19)18-21-14-23(15-21)22-9-7-20(8-10-22)16-24-12-3-4-13-24/h7-10,19,21,23H,2-6,11-18H2,1H3. The van der Waals surface area contributed by atoms with Crippen molar-refractivity contribution in [2.45, 2.75) is 64.3 Å². The lowest BCUT2D eigenvalue weighted by atomic mass is 9.71. The average Bonchev–Trinajstić information content (AvgIpc) is 3.25. The molecule has 0 aromatic heterocycles. The zero-order valence-corrected chi connectivity index (χ0v) is 16.1. The molecule has 138 valence electrons. The van der Waals surface area contributed by atoms with Crippen molar-refractivity contribution in [1.29, 1.82) is 0 Å². The van der Waals surface area contributed by atoms with Crippen LogP contribution in [0.3, 0.4) is 0 Å². The van der Waals surface area contributed by atoms with Crippen molar-refractivity contribution in [3.05, 3.63) is 35.4 Å². The van der Waals surface area contributed by atoms with Crippen LogP contribution in [-0.2, 0) is 6.54 Å². The largest absolute Gasteiger partial charge is 0.303 e. The molecule has 0 atom stereocenters. The van der Waals surface area contributed by atoms with Crippen LogP contribution in [-0.4, -0.2) is 42.5 Å². The Hall–Kier alpha value is -0.860. The van der Waals surface area contributed by atoms with Gasteiger partial charge < -0.3 is 4.90 Å². The zero-order chi connectivity index (χ0) is 17.1. The lowest BCUT2D eigenvalue weighted by Gasteiger charge is -2.39. The second-order valence-electron chi connectivity index (χ2n) is 8.96. The number of benzene rings is 1. The average molecular weight is 341 g/mol. The zero-order valence-electron chi connectivity index (χ0n) is 16.1. The van der Waals surface area contributed by atoms with E-state index in [9.17, 15) is 0 Å². The molecule has 0 amide bonds. The molecule has 25 heavy (non-hydrogen) atoms. The highest BCUT2D eigenvalue weighted by molar-refractivity contribution is 5.27. The molecule has 2 heteroatoms. The third kappa shape index (κ3) is 4.86. The van der Waals surface area contributed by atoms with E-state index in [1.165, 1.54) is 83.2 Å². The molecule has 1 aliphatic heterocycles. The molecule has 0 unspecified atom stereocenters. The summed E-state index contributed by atoms with van der Waals surface area (Å²) in [4.78, 5) is 5.36. The topological polar surface area (TPSA) is 6.48 Å². The summed E-state index contributed by atoms with van der Waals surface area (Å²) in [6.45, 7) is 10.1. The van der Waals surface area contributed by atoms with Gasteiger partial charge in [0.15, 0.2) is 0 Å². The Kier molecular flexibility index (Phi) is 5.77. The van der Waals surface area contributed by atoms with Crippen LogP contribution in [0, 0.1) is 11.8 Å². The van der Waals surface area contributed by atoms with Crippen LogP contribution in [0.25, 0.3) is 0 Å². The molecule has 1 aromatic rings. The van der Waals surface area contributed by atoms with E-state index in [0.29, 0.717) is 0 Å². The van der Waals surface area contributed by atoms with Crippen LogP contribution >= 0.6 is 0 Å². The van der Waals surface area contributed by atoms with E-state index in [4.69, 9.17) is 0 Å². The van der Waals surface area contributed by atoms with Gasteiger partial charge in [-0.25, -0.2) is 0 Å². The summed E-state index contributed by atoms with van der Waals surface area (Å²) in [7, 11) is 0. The van der Waals surface area contributed by atoms with E-state index in [0.717, 1.165) is 24.3 Å². The molecule has 2 aliphatic carbocycles. The van der Waals surface area contributed by atoms with Gasteiger partial charge >= 0.3 is 0 Å². The molecule has 1 heterocycles. The smallest absolute Gasteiger partial charge is 0.0233 e.